The molecule has 0 saturated carbocycles. The fourth-order valence-electron chi connectivity index (χ4n) is 3.64. The maximum Gasteiger partial charge on any atom is 0.240 e. The van der Waals surface area contributed by atoms with Crippen molar-refractivity contribution in [2.24, 2.45) is 7.05 Å². The minimum absolute atomic E-state index is 0.0126. The van der Waals surface area contributed by atoms with Crippen molar-refractivity contribution in [1.29, 1.82) is 0 Å². The zero-order valence-corrected chi connectivity index (χ0v) is 17.5. The number of aromatic nitrogens is 1. The molecule has 148 valence electrons. The second-order valence-corrected chi connectivity index (χ2v) is 9.26. The van der Waals surface area contributed by atoms with Gasteiger partial charge in [0.1, 0.15) is 0 Å². The number of nitrogens with zero attached hydrogens (tertiary/aromatic N) is 3. The summed E-state index contributed by atoms with van der Waals surface area (Å²) in [6, 6.07) is 9.64. The van der Waals surface area contributed by atoms with Crippen molar-refractivity contribution in [2.45, 2.75) is 24.8 Å². The van der Waals surface area contributed by atoms with Gasteiger partial charge in [-0.2, -0.15) is 0 Å². The second kappa shape index (κ2) is 8.14. The van der Waals surface area contributed by atoms with Crippen molar-refractivity contribution in [3.63, 3.8) is 0 Å². The molecule has 2 aromatic rings. The maximum atomic E-state index is 13.0. The molecule has 1 aromatic carbocycles. The lowest BCUT2D eigenvalue weighted by molar-refractivity contribution is 0.109. The third-order valence-electron chi connectivity index (χ3n) is 5.40. The molecule has 2 heterocycles. The van der Waals surface area contributed by atoms with E-state index < -0.39 is 10.0 Å². The number of hydrogen-bond donors (Lipinski definition) is 1. The molecule has 27 heavy (non-hydrogen) atoms. The number of nitrogens with one attached hydrogen (secondary N) is 1. The molecule has 1 aliphatic heterocycles. The van der Waals surface area contributed by atoms with Gasteiger partial charge in [-0.05, 0) is 50.2 Å². The van der Waals surface area contributed by atoms with Gasteiger partial charge in [0.25, 0.3) is 0 Å². The van der Waals surface area contributed by atoms with Crippen LogP contribution in [0.25, 0.3) is 0 Å². The highest BCUT2D eigenvalue weighted by atomic mass is 32.2. The SMILES string of the molecule is Cc1ccc(C)c(S(=O)(=O)NCC(c2cccn2C)N2CCN(C)CC2)c1. The van der Waals surface area contributed by atoms with Gasteiger partial charge in [0, 0.05) is 51.7 Å². The van der Waals surface area contributed by atoms with Crippen molar-refractivity contribution in [2.75, 3.05) is 39.8 Å². The van der Waals surface area contributed by atoms with Crippen LogP contribution in [0.3, 0.4) is 0 Å². The molecule has 7 heteroatoms. The van der Waals surface area contributed by atoms with Crippen molar-refractivity contribution in [1.82, 2.24) is 19.1 Å². The predicted molar refractivity (Wildman–Crippen MR) is 108 cm³/mol. The van der Waals surface area contributed by atoms with E-state index in [1.165, 1.54) is 0 Å². The molecule has 1 saturated heterocycles. The van der Waals surface area contributed by atoms with Crippen molar-refractivity contribution in [3.05, 3.63) is 53.3 Å². The average Bonchev–Trinajstić information content (AvgIpc) is 3.04. The molecule has 1 aliphatic rings. The van der Waals surface area contributed by atoms with Gasteiger partial charge in [0.15, 0.2) is 0 Å². The summed E-state index contributed by atoms with van der Waals surface area (Å²) in [6.07, 6.45) is 2.01. The topological polar surface area (TPSA) is 57.6 Å². The first-order chi connectivity index (χ1) is 12.8. The number of hydrogen-bond acceptors (Lipinski definition) is 4. The first-order valence-electron chi connectivity index (χ1n) is 9.38. The Labute approximate surface area is 162 Å². The Morgan fingerprint density at radius 1 is 1.07 bits per heavy atom. The summed E-state index contributed by atoms with van der Waals surface area (Å²) < 4.78 is 30.9. The number of aryl methyl sites for hydroxylation is 3. The molecule has 1 unspecified atom stereocenters. The van der Waals surface area contributed by atoms with E-state index in [2.05, 4.69) is 32.2 Å². The van der Waals surface area contributed by atoms with Crippen LogP contribution in [-0.4, -0.2) is 62.6 Å². The van der Waals surface area contributed by atoms with Gasteiger partial charge in [-0.15, -0.1) is 0 Å². The molecule has 0 radical (unpaired) electrons. The molecule has 0 bridgehead atoms. The van der Waals surface area contributed by atoms with Crippen LogP contribution in [0.4, 0.5) is 0 Å². The van der Waals surface area contributed by atoms with Gasteiger partial charge in [-0.25, -0.2) is 13.1 Å². The number of benzene rings is 1. The van der Waals surface area contributed by atoms with Crippen LogP contribution < -0.4 is 4.72 Å². The van der Waals surface area contributed by atoms with E-state index in [4.69, 9.17) is 0 Å². The summed E-state index contributed by atoms with van der Waals surface area (Å²) in [5, 5.41) is 0. The van der Waals surface area contributed by atoms with Crippen LogP contribution in [0, 0.1) is 13.8 Å². The summed E-state index contributed by atoms with van der Waals surface area (Å²) in [6.45, 7) is 7.94. The average molecular weight is 391 g/mol. The summed E-state index contributed by atoms with van der Waals surface area (Å²) in [5.74, 6) is 0. The van der Waals surface area contributed by atoms with Crippen molar-refractivity contribution in [3.8, 4) is 0 Å². The van der Waals surface area contributed by atoms with Crippen LogP contribution in [-0.2, 0) is 17.1 Å². The molecular weight excluding hydrogens is 360 g/mol. The van der Waals surface area contributed by atoms with Gasteiger partial charge in [-0.3, -0.25) is 4.90 Å². The highest BCUT2D eigenvalue weighted by Crippen LogP contribution is 2.23. The monoisotopic (exact) mass is 390 g/mol. The Morgan fingerprint density at radius 2 is 1.78 bits per heavy atom. The maximum absolute atomic E-state index is 13.0. The molecule has 0 amide bonds. The number of piperazine rings is 1. The largest absolute Gasteiger partial charge is 0.353 e. The first kappa shape index (κ1) is 20.1. The number of rotatable bonds is 6. The zero-order chi connectivity index (χ0) is 19.6. The van der Waals surface area contributed by atoms with E-state index in [0.29, 0.717) is 11.4 Å². The van der Waals surface area contributed by atoms with Crippen LogP contribution in [0.1, 0.15) is 22.9 Å². The van der Waals surface area contributed by atoms with Gasteiger partial charge in [0.2, 0.25) is 10.0 Å². The van der Waals surface area contributed by atoms with Gasteiger partial charge in [0.05, 0.1) is 10.9 Å². The minimum atomic E-state index is -3.56. The Morgan fingerprint density at radius 3 is 2.41 bits per heavy atom. The van der Waals surface area contributed by atoms with E-state index >= 15 is 0 Å². The zero-order valence-electron chi connectivity index (χ0n) is 16.6. The Bertz CT molecular complexity index is 883. The predicted octanol–water partition coefficient (Wildman–Crippen LogP) is 1.91. The lowest BCUT2D eigenvalue weighted by Gasteiger charge is -2.38. The molecule has 1 atom stereocenters. The molecule has 0 aliphatic carbocycles. The fourth-order valence-corrected chi connectivity index (χ4v) is 5.00. The molecule has 1 aromatic heterocycles. The van der Waals surface area contributed by atoms with Gasteiger partial charge >= 0.3 is 0 Å². The van der Waals surface area contributed by atoms with E-state index in [9.17, 15) is 8.42 Å². The standard InChI is InChI=1S/C20H30N4O2S/c1-16-7-8-17(2)20(14-16)27(25,26)21-15-19(18-6-5-9-23(18)4)24-12-10-22(3)11-13-24/h5-9,14,19,21H,10-13,15H2,1-4H3. The number of sulfonamides is 1. The van der Waals surface area contributed by atoms with Crippen LogP contribution >= 0.6 is 0 Å². The third-order valence-corrected chi connectivity index (χ3v) is 6.97. The highest BCUT2D eigenvalue weighted by Gasteiger charge is 2.27. The van der Waals surface area contributed by atoms with E-state index in [1.807, 2.05) is 45.3 Å². The third kappa shape index (κ3) is 4.60. The molecule has 3 rings (SSSR count). The van der Waals surface area contributed by atoms with Crippen LogP contribution in [0.2, 0.25) is 0 Å². The summed E-state index contributed by atoms with van der Waals surface area (Å²) in [4.78, 5) is 5.05. The molecular formula is C20H30N4O2S. The molecule has 1 fully saturated rings. The molecule has 0 spiro atoms. The van der Waals surface area contributed by atoms with E-state index in [-0.39, 0.29) is 6.04 Å². The normalized spacial score (nSPS) is 17.9. The Kier molecular flexibility index (Phi) is 6.05. The van der Waals surface area contributed by atoms with Gasteiger partial charge in [-0.1, -0.05) is 12.1 Å². The lowest BCUT2D eigenvalue weighted by Crippen LogP contribution is -2.48. The Hall–Kier alpha value is -1.67. The first-order valence-corrected chi connectivity index (χ1v) is 10.9. The second-order valence-electron chi connectivity index (χ2n) is 7.52. The van der Waals surface area contributed by atoms with Crippen LogP contribution in [0.5, 0.6) is 0 Å². The molecule has 1 N–H and O–H groups in total. The lowest BCUT2D eigenvalue weighted by atomic mass is 10.1. The highest BCUT2D eigenvalue weighted by molar-refractivity contribution is 7.89. The van der Waals surface area contributed by atoms with Crippen molar-refractivity contribution >= 4 is 10.0 Å². The Balaban J connectivity index is 1.82. The quantitative estimate of drug-likeness (QED) is 0.819. The summed E-state index contributed by atoms with van der Waals surface area (Å²) in [7, 11) is 0.576. The summed E-state index contributed by atoms with van der Waals surface area (Å²) >= 11 is 0. The summed E-state index contributed by atoms with van der Waals surface area (Å²) in [5.41, 5.74) is 2.84. The van der Waals surface area contributed by atoms with E-state index in [1.54, 1.807) is 6.07 Å². The van der Waals surface area contributed by atoms with E-state index in [0.717, 1.165) is 43.0 Å². The smallest absolute Gasteiger partial charge is 0.240 e. The van der Waals surface area contributed by atoms with Gasteiger partial charge < -0.3 is 9.47 Å². The molecule has 6 nitrogen and oxygen atoms in total. The van der Waals surface area contributed by atoms with Crippen LogP contribution in [0.15, 0.2) is 41.4 Å². The minimum Gasteiger partial charge on any atom is -0.353 e. The fraction of sp³-hybridized carbons (Fsp3) is 0.500. The van der Waals surface area contributed by atoms with Crippen molar-refractivity contribution < 1.29 is 8.42 Å². The number of likely N-dealkylation sites (N-methyl/N-ethyl adjacent to an activating group) is 1.